The summed E-state index contributed by atoms with van der Waals surface area (Å²) in [5.74, 6) is 1.69. The molecule has 2 N–H and O–H groups in total. The third-order valence-electron chi connectivity index (χ3n) is 5.80. The van der Waals surface area contributed by atoms with Crippen LogP contribution in [0.1, 0.15) is 11.4 Å². The van der Waals surface area contributed by atoms with Gasteiger partial charge in [0, 0.05) is 22.3 Å². The van der Waals surface area contributed by atoms with Crippen LogP contribution in [0.2, 0.25) is 0 Å². The Labute approximate surface area is 218 Å². The van der Waals surface area contributed by atoms with Gasteiger partial charge in [-0.25, -0.2) is 9.97 Å². The Hall–Kier alpha value is -4.10. The zero-order chi connectivity index (χ0) is 27.2. The average molecular weight is 553 g/mol. The largest absolute Gasteiger partial charge is 0.436 e. The topological polar surface area (TPSA) is 161 Å². The molecule has 38 heavy (non-hydrogen) atoms. The van der Waals surface area contributed by atoms with Crippen molar-refractivity contribution in [3.05, 3.63) is 84.2 Å². The van der Waals surface area contributed by atoms with Gasteiger partial charge in [-0.2, -0.15) is 16.8 Å². The normalized spacial score (nSPS) is 12.1. The molecule has 0 radical (unpaired) electrons. The number of aryl methyl sites for hydroxylation is 2. The van der Waals surface area contributed by atoms with Gasteiger partial charge in [0.15, 0.2) is 11.5 Å². The molecule has 0 unspecified atom stereocenters. The summed E-state index contributed by atoms with van der Waals surface area (Å²) in [5, 5.41) is 0. The van der Waals surface area contributed by atoms with E-state index in [4.69, 9.17) is 17.9 Å². The van der Waals surface area contributed by atoms with Crippen molar-refractivity contribution in [1.82, 2.24) is 9.97 Å². The van der Waals surface area contributed by atoms with Crippen LogP contribution in [0, 0.1) is 13.8 Å². The summed E-state index contributed by atoms with van der Waals surface area (Å²) in [6.07, 6.45) is 0. The van der Waals surface area contributed by atoms with Crippen molar-refractivity contribution in [2.75, 3.05) is 0 Å². The Kier molecular flexibility index (Phi) is 6.27. The van der Waals surface area contributed by atoms with E-state index in [2.05, 4.69) is 9.97 Å². The molecular formula is C26H20N2O8S2. The first-order valence-corrected chi connectivity index (χ1v) is 14.0. The van der Waals surface area contributed by atoms with E-state index in [1.54, 1.807) is 13.8 Å². The predicted octanol–water partition coefficient (Wildman–Crippen LogP) is 5.44. The van der Waals surface area contributed by atoms with Crippen molar-refractivity contribution in [3.8, 4) is 45.6 Å². The lowest BCUT2D eigenvalue weighted by atomic mass is 10.1. The summed E-state index contributed by atoms with van der Waals surface area (Å²) in [6.45, 7) is 3.59. The van der Waals surface area contributed by atoms with Gasteiger partial charge in [-0.3, -0.25) is 9.11 Å². The molecule has 2 heterocycles. The van der Waals surface area contributed by atoms with E-state index >= 15 is 0 Å². The molecular weight excluding hydrogens is 532 g/mol. The van der Waals surface area contributed by atoms with Gasteiger partial charge in [0.1, 0.15) is 0 Å². The first kappa shape index (κ1) is 25.5. The van der Waals surface area contributed by atoms with E-state index < -0.39 is 20.2 Å². The fourth-order valence-electron chi connectivity index (χ4n) is 3.89. The molecule has 0 atom stereocenters. The van der Waals surface area contributed by atoms with Gasteiger partial charge in [-0.05, 0) is 62.4 Å². The Morgan fingerprint density at radius 2 is 0.816 bits per heavy atom. The van der Waals surface area contributed by atoms with Crippen molar-refractivity contribution in [2.45, 2.75) is 23.6 Å². The molecule has 2 aromatic heterocycles. The molecule has 0 saturated carbocycles. The van der Waals surface area contributed by atoms with Crippen LogP contribution < -0.4 is 0 Å². The summed E-state index contributed by atoms with van der Waals surface area (Å²) >= 11 is 0. The zero-order valence-corrected chi connectivity index (χ0v) is 21.6. The predicted molar refractivity (Wildman–Crippen MR) is 137 cm³/mol. The van der Waals surface area contributed by atoms with Crippen LogP contribution in [0.4, 0.5) is 0 Å². The van der Waals surface area contributed by atoms with E-state index in [9.17, 15) is 16.8 Å². The minimum Gasteiger partial charge on any atom is -0.436 e. The monoisotopic (exact) mass is 552 g/mol. The lowest BCUT2D eigenvalue weighted by Gasteiger charge is -2.02. The lowest BCUT2D eigenvalue weighted by molar-refractivity contribution is 0.481. The first-order valence-electron chi connectivity index (χ1n) is 11.1. The summed E-state index contributed by atoms with van der Waals surface area (Å²) in [5.41, 5.74) is 3.90. The number of oxazole rings is 2. The minimum absolute atomic E-state index is 0.221. The van der Waals surface area contributed by atoms with Crippen LogP contribution in [0.15, 0.2) is 91.4 Å². The zero-order valence-electron chi connectivity index (χ0n) is 20.0. The van der Waals surface area contributed by atoms with Crippen molar-refractivity contribution >= 4 is 20.2 Å². The van der Waals surface area contributed by atoms with E-state index in [1.165, 1.54) is 48.5 Å². The highest BCUT2D eigenvalue weighted by molar-refractivity contribution is 7.86. The Morgan fingerprint density at radius 1 is 0.526 bits per heavy atom. The maximum Gasteiger partial charge on any atom is 0.294 e. The number of hydrogen-bond acceptors (Lipinski definition) is 8. The molecule has 0 saturated heterocycles. The fraction of sp³-hybridized carbons (Fsp3) is 0.0769. The standard InChI is InChI=1S/C26H20N2O8S2/c1-15-23(35-25(27-15)19-7-11-21(12-8-19)37(29,30)31)17-3-5-18(6-4-17)24-16(2)28-26(36-24)20-9-13-22(14-10-20)38(32,33)34/h3-14H,1-2H3,(H,29,30,31)(H,32,33,34). The van der Waals surface area contributed by atoms with Crippen LogP contribution in [-0.2, 0) is 20.2 Å². The quantitative estimate of drug-likeness (QED) is 0.259. The molecule has 0 spiro atoms. The highest BCUT2D eigenvalue weighted by Gasteiger charge is 2.18. The van der Waals surface area contributed by atoms with E-state index in [1.807, 2.05) is 24.3 Å². The Balaban J connectivity index is 1.40. The Morgan fingerprint density at radius 3 is 1.11 bits per heavy atom. The highest BCUT2D eigenvalue weighted by atomic mass is 32.2. The second-order valence-electron chi connectivity index (χ2n) is 8.44. The van der Waals surface area contributed by atoms with Crippen LogP contribution in [0.25, 0.3) is 45.6 Å². The summed E-state index contributed by atoms with van der Waals surface area (Å²) < 4.78 is 75.3. The van der Waals surface area contributed by atoms with Gasteiger partial charge in [-0.1, -0.05) is 24.3 Å². The molecule has 10 nitrogen and oxygen atoms in total. The van der Waals surface area contributed by atoms with Crippen LogP contribution in [-0.4, -0.2) is 35.9 Å². The van der Waals surface area contributed by atoms with E-state index in [-0.39, 0.29) is 9.79 Å². The van der Waals surface area contributed by atoms with Gasteiger partial charge in [0.2, 0.25) is 11.8 Å². The molecule has 12 heteroatoms. The molecule has 0 aliphatic heterocycles. The molecule has 0 aliphatic carbocycles. The fourth-order valence-corrected chi connectivity index (χ4v) is 4.85. The smallest absolute Gasteiger partial charge is 0.294 e. The van der Waals surface area contributed by atoms with Gasteiger partial charge < -0.3 is 8.83 Å². The molecule has 0 aliphatic rings. The van der Waals surface area contributed by atoms with Gasteiger partial charge in [0.25, 0.3) is 20.2 Å². The second-order valence-corrected chi connectivity index (χ2v) is 11.3. The minimum atomic E-state index is -4.29. The molecule has 5 aromatic rings. The number of hydrogen-bond donors (Lipinski definition) is 2. The third kappa shape index (κ3) is 5.02. The number of benzene rings is 3. The van der Waals surface area contributed by atoms with Gasteiger partial charge in [0.05, 0.1) is 21.2 Å². The lowest BCUT2D eigenvalue weighted by Crippen LogP contribution is -1.97. The van der Waals surface area contributed by atoms with Crippen molar-refractivity contribution in [2.24, 2.45) is 0 Å². The summed E-state index contributed by atoms with van der Waals surface area (Å²) in [6, 6.07) is 18.5. The number of nitrogens with zero attached hydrogens (tertiary/aromatic N) is 2. The summed E-state index contributed by atoms with van der Waals surface area (Å²) in [7, 11) is -8.59. The van der Waals surface area contributed by atoms with E-state index in [0.717, 1.165) is 11.1 Å². The second kappa shape index (κ2) is 9.33. The van der Waals surface area contributed by atoms with Crippen LogP contribution in [0.5, 0.6) is 0 Å². The van der Waals surface area contributed by atoms with Crippen LogP contribution in [0.3, 0.4) is 0 Å². The van der Waals surface area contributed by atoms with Crippen molar-refractivity contribution in [3.63, 3.8) is 0 Å². The van der Waals surface area contributed by atoms with Crippen molar-refractivity contribution < 1.29 is 34.8 Å². The average Bonchev–Trinajstić information content (AvgIpc) is 3.46. The van der Waals surface area contributed by atoms with Crippen molar-refractivity contribution in [1.29, 1.82) is 0 Å². The Bertz CT molecular complexity index is 1710. The number of rotatable bonds is 6. The highest BCUT2D eigenvalue weighted by Crippen LogP contribution is 2.34. The summed E-state index contributed by atoms with van der Waals surface area (Å²) in [4.78, 5) is 8.44. The molecule has 0 amide bonds. The van der Waals surface area contributed by atoms with Gasteiger partial charge >= 0.3 is 0 Å². The van der Waals surface area contributed by atoms with Gasteiger partial charge in [-0.15, -0.1) is 0 Å². The van der Waals surface area contributed by atoms with E-state index in [0.29, 0.717) is 45.8 Å². The first-order chi connectivity index (χ1) is 17.9. The maximum atomic E-state index is 11.3. The molecule has 5 rings (SSSR count). The molecule has 0 fully saturated rings. The molecule has 194 valence electrons. The molecule has 0 bridgehead atoms. The third-order valence-corrected chi connectivity index (χ3v) is 7.54. The number of aromatic nitrogens is 2. The SMILES string of the molecule is Cc1nc(-c2ccc(S(=O)(=O)O)cc2)oc1-c1ccc(-c2oc(-c3ccc(S(=O)(=O)O)cc3)nc2C)cc1. The maximum absolute atomic E-state index is 11.3. The molecule has 3 aromatic carbocycles. The van der Waals surface area contributed by atoms with Crippen LogP contribution >= 0.6 is 0 Å².